The maximum atomic E-state index is 12.4. The minimum Gasteiger partial charge on any atom is -0.379 e. The predicted octanol–water partition coefficient (Wildman–Crippen LogP) is 3.70. The first-order chi connectivity index (χ1) is 14.2. The highest BCUT2D eigenvalue weighted by Gasteiger charge is 2.37. The summed E-state index contributed by atoms with van der Waals surface area (Å²) in [7, 11) is 0. The average molecular weight is 386 g/mol. The second-order valence-corrected chi connectivity index (χ2v) is 8.29. The molecule has 2 aliphatic rings. The fourth-order valence-electron chi connectivity index (χ4n) is 4.56. The van der Waals surface area contributed by atoms with Crippen molar-refractivity contribution in [3.63, 3.8) is 0 Å². The Hall–Kier alpha value is -2.92. The molecule has 0 bridgehead atoms. The Kier molecular flexibility index (Phi) is 4.68. The lowest BCUT2D eigenvalue weighted by atomic mass is 9.82. The van der Waals surface area contributed by atoms with E-state index in [1.165, 1.54) is 5.39 Å². The van der Waals surface area contributed by atoms with E-state index in [-0.39, 0.29) is 11.4 Å². The van der Waals surface area contributed by atoms with E-state index in [2.05, 4.69) is 58.0 Å². The molecule has 29 heavy (non-hydrogen) atoms. The summed E-state index contributed by atoms with van der Waals surface area (Å²) in [5.74, 6) is 0.136. The van der Waals surface area contributed by atoms with Gasteiger partial charge in [0.25, 0.3) is 0 Å². The Bertz CT molecular complexity index is 1040. The van der Waals surface area contributed by atoms with E-state index in [0.29, 0.717) is 13.0 Å². The quantitative estimate of drug-likeness (QED) is 0.705. The Morgan fingerprint density at radius 2 is 1.76 bits per heavy atom. The molecule has 3 heterocycles. The number of hydrogen-bond donors (Lipinski definition) is 2. The highest BCUT2D eigenvalue weighted by atomic mass is 16.1. The summed E-state index contributed by atoms with van der Waals surface area (Å²) in [5.41, 5.74) is 4.29. The van der Waals surface area contributed by atoms with Crippen LogP contribution in [0.5, 0.6) is 0 Å². The van der Waals surface area contributed by atoms with Gasteiger partial charge >= 0.3 is 0 Å². The van der Waals surface area contributed by atoms with Gasteiger partial charge < -0.3 is 10.6 Å². The van der Waals surface area contributed by atoms with E-state index in [4.69, 9.17) is 4.98 Å². The molecule has 1 fully saturated rings. The Balaban J connectivity index is 1.30. The summed E-state index contributed by atoms with van der Waals surface area (Å²) in [6, 6.07) is 20.8. The molecule has 0 atom stereocenters. The van der Waals surface area contributed by atoms with Gasteiger partial charge in [0, 0.05) is 49.2 Å². The van der Waals surface area contributed by atoms with Crippen LogP contribution in [-0.2, 0) is 17.9 Å². The highest BCUT2D eigenvalue weighted by Crippen LogP contribution is 2.33. The molecule has 1 spiro atoms. The lowest BCUT2D eigenvalue weighted by molar-refractivity contribution is -0.122. The van der Waals surface area contributed by atoms with Crippen LogP contribution in [0.4, 0.5) is 5.69 Å². The van der Waals surface area contributed by atoms with Crippen LogP contribution in [0, 0.1) is 0 Å². The Morgan fingerprint density at radius 3 is 2.66 bits per heavy atom. The van der Waals surface area contributed by atoms with Crippen molar-refractivity contribution in [1.82, 2.24) is 15.2 Å². The van der Waals surface area contributed by atoms with Gasteiger partial charge in [0.1, 0.15) is 0 Å². The Labute approximate surface area is 171 Å². The first-order valence-corrected chi connectivity index (χ1v) is 10.4. The number of anilines is 1. The normalized spacial score (nSPS) is 19.1. The molecule has 5 heteroatoms. The molecule has 3 aromatic rings. The second-order valence-electron chi connectivity index (χ2n) is 8.29. The van der Waals surface area contributed by atoms with Crippen molar-refractivity contribution in [2.75, 3.05) is 18.4 Å². The molecule has 5 nitrogen and oxygen atoms in total. The largest absolute Gasteiger partial charge is 0.379 e. The SMILES string of the molecule is O=C1CC2(CCN(Cc3ccc4ccccc4n3)CC2)Nc2ccccc2CN1. The number of benzene rings is 2. The average Bonchev–Trinajstić information content (AvgIpc) is 2.74. The van der Waals surface area contributed by atoms with Crippen LogP contribution < -0.4 is 10.6 Å². The third-order valence-corrected chi connectivity index (χ3v) is 6.25. The van der Waals surface area contributed by atoms with Crippen LogP contribution in [0.15, 0.2) is 60.7 Å². The topological polar surface area (TPSA) is 57.3 Å². The lowest BCUT2D eigenvalue weighted by Gasteiger charge is -2.44. The molecule has 0 unspecified atom stereocenters. The van der Waals surface area contributed by atoms with Crippen molar-refractivity contribution in [1.29, 1.82) is 0 Å². The molecular weight excluding hydrogens is 360 g/mol. The summed E-state index contributed by atoms with van der Waals surface area (Å²) in [4.78, 5) is 19.7. The fraction of sp³-hybridized carbons (Fsp3) is 0.333. The van der Waals surface area contributed by atoms with Gasteiger partial charge in [-0.2, -0.15) is 0 Å². The second kappa shape index (κ2) is 7.48. The van der Waals surface area contributed by atoms with Crippen LogP contribution in [0.3, 0.4) is 0 Å². The number of para-hydroxylation sites is 2. The minimum atomic E-state index is -0.173. The number of carbonyl (C=O) groups excluding carboxylic acids is 1. The number of nitrogens with zero attached hydrogens (tertiary/aromatic N) is 2. The number of hydrogen-bond acceptors (Lipinski definition) is 4. The van der Waals surface area contributed by atoms with Crippen molar-refractivity contribution >= 4 is 22.5 Å². The van der Waals surface area contributed by atoms with Crippen molar-refractivity contribution in [2.45, 2.75) is 37.9 Å². The van der Waals surface area contributed by atoms with Gasteiger partial charge in [0.2, 0.25) is 5.91 Å². The molecule has 2 aliphatic heterocycles. The molecule has 0 aliphatic carbocycles. The number of fused-ring (bicyclic) bond motifs is 2. The molecule has 2 aromatic carbocycles. The van der Waals surface area contributed by atoms with Crippen molar-refractivity contribution in [2.24, 2.45) is 0 Å². The molecule has 1 saturated heterocycles. The molecule has 5 rings (SSSR count). The van der Waals surface area contributed by atoms with Crippen LogP contribution in [0.1, 0.15) is 30.5 Å². The van der Waals surface area contributed by atoms with Gasteiger partial charge in [-0.05, 0) is 36.6 Å². The number of carbonyl (C=O) groups is 1. The number of piperidine rings is 1. The van der Waals surface area contributed by atoms with E-state index in [1.807, 2.05) is 18.2 Å². The standard InChI is InChI=1S/C24H26N4O/c29-23-15-24(27-22-8-4-2-6-19(22)16-25-23)11-13-28(14-12-24)17-20-10-9-18-5-1-3-7-21(18)26-20/h1-10,27H,11-17H2,(H,25,29). The Morgan fingerprint density at radius 1 is 0.966 bits per heavy atom. The number of rotatable bonds is 2. The third kappa shape index (κ3) is 3.83. The number of aromatic nitrogens is 1. The smallest absolute Gasteiger partial charge is 0.222 e. The van der Waals surface area contributed by atoms with Crippen LogP contribution in [-0.4, -0.2) is 34.4 Å². The maximum Gasteiger partial charge on any atom is 0.222 e. The summed E-state index contributed by atoms with van der Waals surface area (Å²) < 4.78 is 0. The molecule has 1 aromatic heterocycles. The van der Waals surface area contributed by atoms with E-state index < -0.39 is 0 Å². The molecular formula is C24H26N4O. The maximum absolute atomic E-state index is 12.4. The van der Waals surface area contributed by atoms with Crippen molar-refractivity contribution in [3.8, 4) is 0 Å². The highest BCUT2D eigenvalue weighted by molar-refractivity contribution is 5.79. The van der Waals surface area contributed by atoms with E-state index in [9.17, 15) is 4.79 Å². The number of amides is 1. The molecule has 148 valence electrons. The summed E-state index contributed by atoms with van der Waals surface area (Å²) in [5, 5.41) is 8.01. The molecule has 0 radical (unpaired) electrons. The number of likely N-dealkylation sites (tertiary alicyclic amines) is 1. The molecule has 0 saturated carbocycles. The lowest BCUT2D eigenvalue weighted by Crippen LogP contribution is -2.52. The van der Waals surface area contributed by atoms with Crippen molar-refractivity contribution in [3.05, 3.63) is 71.9 Å². The number of nitrogens with one attached hydrogen (secondary N) is 2. The van der Waals surface area contributed by atoms with E-state index >= 15 is 0 Å². The van der Waals surface area contributed by atoms with E-state index in [1.54, 1.807) is 0 Å². The summed E-state index contributed by atoms with van der Waals surface area (Å²) >= 11 is 0. The van der Waals surface area contributed by atoms with Gasteiger partial charge in [0.05, 0.1) is 11.2 Å². The van der Waals surface area contributed by atoms with Crippen LogP contribution in [0.2, 0.25) is 0 Å². The zero-order valence-corrected chi connectivity index (χ0v) is 16.5. The molecule has 1 amide bonds. The summed E-state index contributed by atoms with van der Waals surface area (Å²) in [6.07, 6.45) is 2.42. The van der Waals surface area contributed by atoms with Gasteiger partial charge in [-0.1, -0.05) is 42.5 Å². The van der Waals surface area contributed by atoms with Crippen LogP contribution in [0.25, 0.3) is 10.9 Å². The number of pyridine rings is 1. The van der Waals surface area contributed by atoms with Gasteiger partial charge in [-0.15, -0.1) is 0 Å². The van der Waals surface area contributed by atoms with Gasteiger partial charge in [-0.25, -0.2) is 0 Å². The van der Waals surface area contributed by atoms with Crippen LogP contribution >= 0.6 is 0 Å². The molecule has 2 N–H and O–H groups in total. The van der Waals surface area contributed by atoms with Gasteiger partial charge in [-0.3, -0.25) is 14.7 Å². The van der Waals surface area contributed by atoms with E-state index in [0.717, 1.165) is 54.9 Å². The predicted molar refractivity (Wildman–Crippen MR) is 116 cm³/mol. The monoisotopic (exact) mass is 386 g/mol. The zero-order valence-electron chi connectivity index (χ0n) is 16.5. The van der Waals surface area contributed by atoms with Gasteiger partial charge in [0.15, 0.2) is 0 Å². The first kappa shape index (κ1) is 18.1. The minimum absolute atomic E-state index is 0.136. The third-order valence-electron chi connectivity index (χ3n) is 6.25. The first-order valence-electron chi connectivity index (χ1n) is 10.4. The fourth-order valence-corrected chi connectivity index (χ4v) is 4.56. The zero-order chi connectivity index (χ0) is 19.7. The van der Waals surface area contributed by atoms with Crippen molar-refractivity contribution < 1.29 is 4.79 Å². The summed E-state index contributed by atoms with van der Waals surface area (Å²) in [6.45, 7) is 3.36.